The molecule has 3 heterocycles. The molecule has 9 heteroatoms. The van der Waals surface area contributed by atoms with Crippen molar-refractivity contribution in [1.82, 2.24) is 15.0 Å². The van der Waals surface area contributed by atoms with Gasteiger partial charge in [-0.25, -0.2) is 9.97 Å². The average Bonchev–Trinajstić information content (AvgIpc) is 3.53. The summed E-state index contributed by atoms with van der Waals surface area (Å²) in [6.45, 7) is 1.32. The van der Waals surface area contributed by atoms with Gasteiger partial charge >= 0.3 is 0 Å². The number of aliphatic hydroxyl groups excluding tert-OH is 2. The number of fused-ring (bicyclic) bond motifs is 2. The number of aliphatic hydroxyl groups is 2. The van der Waals surface area contributed by atoms with Crippen LogP contribution in [0.2, 0.25) is 0 Å². The Hall–Kier alpha value is -3.43. The lowest BCUT2D eigenvalue weighted by Gasteiger charge is -2.31. The molecule has 0 amide bonds. The van der Waals surface area contributed by atoms with Crippen LogP contribution in [0.25, 0.3) is 11.5 Å². The minimum absolute atomic E-state index is 0.0562. The summed E-state index contributed by atoms with van der Waals surface area (Å²) in [5.74, 6) is 2.82. The van der Waals surface area contributed by atoms with E-state index in [1.807, 2.05) is 35.0 Å². The Morgan fingerprint density at radius 1 is 1.11 bits per heavy atom. The first-order valence-electron chi connectivity index (χ1n) is 12.0. The Balaban J connectivity index is 1.39. The van der Waals surface area contributed by atoms with Gasteiger partial charge in [0.2, 0.25) is 0 Å². The highest BCUT2D eigenvalue weighted by Crippen LogP contribution is 2.34. The van der Waals surface area contributed by atoms with Crippen LogP contribution in [-0.2, 0) is 19.3 Å². The summed E-state index contributed by atoms with van der Waals surface area (Å²) in [4.78, 5) is 18.2. The number of rotatable bonds is 9. The molecule has 1 aromatic carbocycles. The largest absolute Gasteiger partial charge is 0.497 e. The van der Waals surface area contributed by atoms with Crippen LogP contribution in [0.1, 0.15) is 23.2 Å². The number of benzene rings is 1. The molecule has 1 atom stereocenters. The number of anilines is 2. The fraction of sp³-hybridized carbons (Fsp3) is 0.423. The molecule has 2 aliphatic rings. The van der Waals surface area contributed by atoms with Crippen molar-refractivity contribution in [3.8, 4) is 23.0 Å². The summed E-state index contributed by atoms with van der Waals surface area (Å²) in [7, 11) is 3.63. The standard InChI is InChI=1S/C26H31N5O4/c1-30(16-24(33)31-11-9-17-14-18(34-2)6-7-23(17)31)26-20-4-3-5-21(20)28-25(29-26)22-15-19(8-10-27-22)35-13-12-32/h6-8,10,14-15,24,32-33H,3-5,9,11-13,16H2,1-2H3. The Labute approximate surface area is 205 Å². The van der Waals surface area contributed by atoms with Crippen molar-refractivity contribution >= 4 is 11.5 Å². The second kappa shape index (κ2) is 10.1. The summed E-state index contributed by atoms with van der Waals surface area (Å²) >= 11 is 0. The van der Waals surface area contributed by atoms with Crippen molar-refractivity contribution in [2.45, 2.75) is 31.9 Å². The van der Waals surface area contributed by atoms with Crippen LogP contribution in [0.4, 0.5) is 11.5 Å². The molecule has 2 aromatic heterocycles. The highest BCUT2D eigenvalue weighted by molar-refractivity contribution is 5.62. The van der Waals surface area contributed by atoms with Crippen molar-refractivity contribution in [2.75, 3.05) is 50.3 Å². The minimum atomic E-state index is -0.682. The third-order valence-corrected chi connectivity index (χ3v) is 6.61. The predicted molar refractivity (Wildman–Crippen MR) is 133 cm³/mol. The van der Waals surface area contributed by atoms with Gasteiger partial charge in [-0.3, -0.25) is 4.98 Å². The van der Waals surface area contributed by atoms with Gasteiger partial charge in [0.1, 0.15) is 35.8 Å². The zero-order chi connectivity index (χ0) is 24.4. The number of methoxy groups -OCH3 is 1. The number of ether oxygens (including phenoxy) is 2. The number of hydrogen-bond donors (Lipinski definition) is 2. The topological polar surface area (TPSA) is 104 Å². The van der Waals surface area contributed by atoms with E-state index in [1.54, 1.807) is 25.4 Å². The smallest absolute Gasteiger partial charge is 0.180 e. The molecule has 0 spiro atoms. The Bertz CT molecular complexity index is 1200. The van der Waals surface area contributed by atoms with Crippen LogP contribution in [0.15, 0.2) is 36.5 Å². The molecular formula is C26H31N5O4. The first-order valence-corrected chi connectivity index (χ1v) is 12.0. The highest BCUT2D eigenvalue weighted by Gasteiger charge is 2.28. The molecule has 0 saturated carbocycles. The maximum absolute atomic E-state index is 11.2. The van der Waals surface area contributed by atoms with E-state index < -0.39 is 6.23 Å². The normalized spacial score (nSPS) is 15.0. The molecule has 5 rings (SSSR count). The van der Waals surface area contributed by atoms with E-state index in [-0.39, 0.29) is 13.2 Å². The van der Waals surface area contributed by atoms with Crippen LogP contribution in [0, 0.1) is 0 Å². The van der Waals surface area contributed by atoms with Crippen LogP contribution in [0.5, 0.6) is 11.5 Å². The van der Waals surface area contributed by atoms with Crippen LogP contribution < -0.4 is 19.3 Å². The van der Waals surface area contributed by atoms with E-state index in [4.69, 9.17) is 24.5 Å². The van der Waals surface area contributed by atoms with Gasteiger partial charge in [-0.2, -0.15) is 0 Å². The van der Waals surface area contributed by atoms with E-state index in [1.165, 1.54) is 5.56 Å². The maximum atomic E-state index is 11.2. The lowest BCUT2D eigenvalue weighted by Crippen LogP contribution is -2.42. The monoisotopic (exact) mass is 477 g/mol. The van der Waals surface area contributed by atoms with Gasteiger partial charge in [-0.15, -0.1) is 0 Å². The minimum Gasteiger partial charge on any atom is -0.497 e. The predicted octanol–water partition coefficient (Wildman–Crippen LogP) is 2.22. The van der Waals surface area contributed by atoms with E-state index in [0.717, 1.165) is 60.7 Å². The first kappa shape index (κ1) is 23.3. The molecule has 184 valence electrons. The van der Waals surface area contributed by atoms with Crippen LogP contribution >= 0.6 is 0 Å². The van der Waals surface area contributed by atoms with E-state index in [9.17, 15) is 5.11 Å². The molecule has 0 radical (unpaired) electrons. The molecule has 9 nitrogen and oxygen atoms in total. The van der Waals surface area contributed by atoms with E-state index in [2.05, 4.69) is 4.98 Å². The van der Waals surface area contributed by atoms with Gasteiger partial charge in [-0.05, 0) is 55.5 Å². The molecule has 0 saturated heterocycles. The second-order valence-electron chi connectivity index (χ2n) is 8.90. The Morgan fingerprint density at radius 2 is 2.00 bits per heavy atom. The summed E-state index contributed by atoms with van der Waals surface area (Å²) < 4.78 is 10.9. The maximum Gasteiger partial charge on any atom is 0.180 e. The second-order valence-corrected chi connectivity index (χ2v) is 8.90. The van der Waals surface area contributed by atoms with Gasteiger partial charge < -0.3 is 29.5 Å². The number of aromatic nitrogens is 3. The van der Waals surface area contributed by atoms with E-state index >= 15 is 0 Å². The zero-order valence-electron chi connectivity index (χ0n) is 20.1. The van der Waals surface area contributed by atoms with Gasteiger partial charge in [0.05, 0.1) is 20.3 Å². The fourth-order valence-corrected chi connectivity index (χ4v) is 4.90. The van der Waals surface area contributed by atoms with Crippen molar-refractivity contribution < 1.29 is 19.7 Å². The van der Waals surface area contributed by atoms with Crippen molar-refractivity contribution in [3.63, 3.8) is 0 Å². The lowest BCUT2D eigenvalue weighted by molar-refractivity contribution is 0.177. The van der Waals surface area contributed by atoms with Crippen LogP contribution in [0.3, 0.4) is 0 Å². The highest BCUT2D eigenvalue weighted by atomic mass is 16.5. The molecular weight excluding hydrogens is 446 g/mol. The van der Waals surface area contributed by atoms with Gasteiger partial charge in [0.25, 0.3) is 0 Å². The van der Waals surface area contributed by atoms with Crippen molar-refractivity contribution in [2.24, 2.45) is 0 Å². The molecule has 1 unspecified atom stereocenters. The molecule has 0 fully saturated rings. The molecule has 2 N–H and O–H groups in total. The molecule has 35 heavy (non-hydrogen) atoms. The summed E-state index contributed by atoms with van der Waals surface area (Å²) in [5, 5.41) is 20.2. The average molecular weight is 478 g/mol. The SMILES string of the molecule is COc1ccc2c(c1)CCN2C(O)CN(C)c1nc(-c2cc(OCCO)ccn2)nc2c1CCC2. The molecule has 1 aliphatic heterocycles. The number of aryl methyl sites for hydroxylation is 1. The van der Waals surface area contributed by atoms with Crippen LogP contribution in [-0.4, -0.2) is 71.9 Å². The quantitative estimate of drug-likeness (QED) is 0.480. The van der Waals surface area contributed by atoms with Crippen molar-refractivity contribution in [1.29, 1.82) is 0 Å². The Morgan fingerprint density at radius 3 is 2.83 bits per heavy atom. The first-order chi connectivity index (χ1) is 17.1. The van der Waals surface area contributed by atoms with E-state index in [0.29, 0.717) is 23.8 Å². The third-order valence-electron chi connectivity index (χ3n) is 6.61. The molecule has 3 aromatic rings. The Kier molecular flexibility index (Phi) is 6.70. The van der Waals surface area contributed by atoms with Crippen molar-refractivity contribution in [3.05, 3.63) is 53.3 Å². The molecule has 1 aliphatic carbocycles. The third kappa shape index (κ3) is 4.74. The van der Waals surface area contributed by atoms with Gasteiger partial charge in [0.15, 0.2) is 5.82 Å². The number of pyridine rings is 1. The molecule has 0 bridgehead atoms. The summed E-state index contributed by atoms with van der Waals surface area (Å²) in [6.07, 6.45) is 4.71. The number of likely N-dealkylation sites (N-methyl/N-ethyl adjacent to an activating group) is 1. The number of hydrogen-bond acceptors (Lipinski definition) is 9. The fourth-order valence-electron chi connectivity index (χ4n) is 4.90. The summed E-state index contributed by atoms with van der Waals surface area (Å²) in [5.41, 5.74) is 5.03. The summed E-state index contributed by atoms with van der Waals surface area (Å²) in [6, 6.07) is 9.53. The number of nitrogens with zero attached hydrogens (tertiary/aromatic N) is 5. The lowest BCUT2D eigenvalue weighted by atomic mass is 10.1. The van der Waals surface area contributed by atoms with Gasteiger partial charge in [-0.1, -0.05) is 0 Å². The van der Waals surface area contributed by atoms with Gasteiger partial charge in [0, 0.05) is 42.8 Å². The zero-order valence-corrected chi connectivity index (χ0v) is 20.1.